The van der Waals surface area contributed by atoms with E-state index in [2.05, 4.69) is 42.8 Å². The van der Waals surface area contributed by atoms with Crippen LogP contribution in [0.25, 0.3) is 22.4 Å². The SMILES string of the molecule is CN1CCC(N(C)C(=O)c2cccc(-c3cc(-c4c(N5CCOCC5)sc5c4CC(C)(C)CC5=O)ccn3)c2)C1. The number of benzene rings is 1. The van der Waals surface area contributed by atoms with Crippen molar-refractivity contribution < 1.29 is 14.3 Å². The van der Waals surface area contributed by atoms with Crippen LogP contribution in [0.4, 0.5) is 5.00 Å². The van der Waals surface area contributed by atoms with Crippen LogP contribution >= 0.6 is 11.3 Å². The lowest BCUT2D eigenvalue weighted by Crippen LogP contribution is -2.38. The zero-order chi connectivity index (χ0) is 28.0. The highest BCUT2D eigenvalue weighted by Crippen LogP contribution is 2.49. The molecule has 6 rings (SSSR count). The third kappa shape index (κ3) is 5.20. The minimum absolute atomic E-state index is 0.0422. The average Bonchev–Trinajstić information content (AvgIpc) is 3.56. The van der Waals surface area contributed by atoms with Gasteiger partial charge in [0, 0.05) is 62.0 Å². The summed E-state index contributed by atoms with van der Waals surface area (Å²) in [6.45, 7) is 9.30. The molecule has 0 saturated carbocycles. The highest BCUT2D eigenvalue weighted by molar-refractivity contribution is 7.19. The van der Waals surface area contributed by atoms with Crippen molar-refractivity contribution in [1.82, 2.24) is 14.8 Å². The number of ether oxygens (including phenoxy) is 1. The van der Waals surface area contributed by atoms with Gasteiger partial charge in [-0.1, -0.05) is 26.0 Å². The molecule has 2 fully saturated rings. The molecule has 8 heteroatoms. The van der Waals surface area contributed by atoms with Crippen LogP contribution in [0.15, 0.2) is 42.6 Å². The highest BCUT2D eigenvalue weighted by Gasteiger charge is 2.37. The molecular weight excluding hydrogens is 520 g/mol. The molecule has 0 spiro atoms. The fraction of sp³-hybridized carbons (Fsp3) is 0.469. The molecule has 1 atom stereocenters. The summed E-state index contributed by atoms with van der Waals surface area (Å²) in [5, 5.41) is 1.16. The number of morpholine rings is 1. The summed E-state index contributed by atoms with van der Waals surface area (Å²) in [6, 6.07) is 12.2. The van der Waals surface area contributed by atoms with E-state index in [1.807, 2.05) is 42.4 Å². The Bertz CT molecular complexity index is 1440. The number of carbonyl (C=O) groups is 2. The van der Waals surface area contributed by atoms with E-state index in [4.69, 9.17) is 9.72 Å². The van der Waals surface area contributed by atoms with E-state index >= 15 is 0 Å². The van der Waals surface area contributed by atoms with E-state index in [9.17, 15) is 9.59 Å². The molecule has 2 saturated heterocycles. The fourth-order valence-electron chi connectivity index (χ4n) is 6.34. The first-order valence-corrected chi connectivity index (χ1v) is 15.1. The van der Waals surface area contributed by atoms with Crippen molar-refractivity contribution in [3.05, 3.63) is 58.6 Å². The molecule has 3 aliphatic rings. The van der Waals surface area contributed by atoms with Crippen LogP contribution in [0.2, 0.25) is 0 Å². The first kappa shape index (κ1) is 27.1. The van der Waals surface area contributed by atoms with Crippen molar-refractivity contribution in [3.63, 3.8) is 0 Å². The van der Waals surface area contributed by atoms with Crippen LogP contribution < -0.4 is 4.90 Å². The number of fused-ring (bicyclic) bond motifs is 1. The number of pyridine rings is 1. The van der Waals surface area contributed by atoms with Crippen molar-refractivity contribution in [2.45, 2.75) is 39.2 Å². The van der Waals surface area contributed by atoms with Crippen LogP contribution in [0.1, 0.15) is 52.3 Å². The number of nitrogens with zero attached hydrogens (tertiary/aromatic N) is 4. The predicted octanol–water partition coefficient (Wildman–Crippen LogP) is 5.24. The lowest BCUT2D eigenvalue weighted by atomic mass is 9.75. The minimum atomic E-state index is -0.0765. The summed E-state index contributed by atoms with van der Waals surface area (Å²) < 4.78 is 5.64. The maximum Gasteiger partial charge on any atom is 0.253 e. The zero-order valence-corrected chi connectivity index (χ0v) is 24.7. The molecule has 7 nitrogen and oxygen atoms in total. The van der Waals surface area contributed by atoms with Gasteiger partial charge in [0.2, 0.25) is 0 Å². The molecule has 2 aliphatic heterocycles. The monoisotopic (exact) mass is 558 g/mol. The molecule has 0 radical (unpaired) electrons. The maximum absolute atomic E-state index is 13.4. The van der Waals surface area contributed by atoms with Crippen LogP contribution in [-0.2, 0) is 11.2 Å². The molecule has 210 valence electrons. The van der Waals surface area contributed by atoms with Crippen molar-refractivity contribution in [2.75, 3.05) is 58.4 Å². The second-order valence-corrected chi connectivity index (χ2v) is 13.3. The Morgan fingerprint density at radius 1 is 1.10 bits per heavy atom. The Balaban J connectivity index is 1.37. The molecule has 1 aromatic carbocycles. The van der Waals surface area contributed by atoms with Gasteiger partial charge in [-0.15, -0.1) is 11.3 Å². The van der Waals surface area contributed by atoms with Crippen molar-refractivity contribution >= 4 is 28.0 Å². The maximum atomic E-state index is 13.4. The van der Waals surface area contributed by atoms with Gasteiger partial charge in [0.05, 0.1) is 28.8 Å². The van der Waals surface area contributed by atoms with Crippen LogP contribution in [0.3, 0.4) is 0 Å². The molecule has 0 bridgehead atoms. The Kier molecular flexibility index (Phi) is 7.27. The van der Waals surface area contributed by atoms with E-state index in [1.54, 1.807) is 11.3 Å². The van der Waals surface area contributed by atoms with Gasteiger partial charge >= 0.3 is 0 Å². The summed E-state index contributed by atoms with van der Waals surface area (Å²) in [5.74, 6) is 0.288. The largest absolute Gasteiger partial charge is 0.378 e. The van der Waals surface area contributed by atoms with Crippen LogP contribution in [0, 0.1) is 5.41 Å². The van der Waals surface area contributed by atoms with Crippen molar-refractivity contribution in [1.29, 1.82) is 0 Å². The van der Waals surface area contributed by atoms with Gasteiger partial charge in [-0.25, -0.2) is 0 Å². The average molecular weight is 559 g/mol. The van der Waals surface area contributed by atoms with Gasteiger partial charge in [0.15, 0.2) is 5.78 Å². The second kappa shape index (κ2) is 10.7. The van der Waals surface area contributed by atoms with Gasteiger partial charge < -0.3 is 19.4 Å². The summed E-state index contributed by atoms with van der Waals surface area (Å²) in [5.41, 5.74) is 5.73. The van der Waals surface area contributed by atoms with Crippen molar-refractivity contribution in [2.24, 2.45) is 5.41 Å². The van der Waals surface area contributed by atoms with Gasteiger partial charge in [-0.05, 0) is 67.2 Å². The van der Waals surface area contributed by atoms with Gasteiger partial charge in [0.1, 0.15) is 0 Å². The van der Waals surface area contributed by atoms with Crippen molar-refractivity contribution in [3.8, 4) is 22.4 Å². The number of hydrogen-bond donors (Lipinski definition) is 0. The predicted molar refractivity (Wildman–Crippen MR) is 160 cm³/mol. The Hall–Kier alpha value is -3.07. The molecule has 0 N–H and O–H groups in total. The molecule has 1 amide bonds. The quantitative estimate of drug-likeness (QED) is 0.427. The number of likely N-dealkylation sites (tertiary alicyclic amines) is 1. The topological polar surface area (TPSA) is 66.0 Å². The molecule has 40 heavy (non-hydrogen) atoms. The number of thiophene rings is 1. The standard InChI is InChI=1S/C32H38N4O3S/c1-32(2)18-25-28(31(36-12-14-39-15-13-36)40-29(25)27(37)19-32)22-8-10-33-26(17-22)21-6-5-7-23(16-21)30(38)35(4)24-9-11-34(3)20-24/h5-8,10,16-17,24H,9,11-15,18-20H2,1-4H3. The lowest BCUT2D eigenvalue weighted by Gasteiger charge is -2.30. The van der Waals surface area contributed by atoms with Crippen LogP contribution in [-0.4, -0.2) is 86.0 Å². The smallest absolute Gasteiger partial charge is 0.253 e. The lowest BCUT2D eigenvalue weighted by molar-refractivity contribution is 0.0737. The Morgan fingerprint density at radius 3 is 2.65 bits per heavy atom. The summed E-state index contributed by atoms with van der Waals surface area (Å²) in [6.07, 6.45) is 4.30. The molecule has 1 unspecified atom stereocenters. The summed E-state index contributed by atoms with van der Waals surface area (Å²) >= 11 is 1.64. The fourth-order valence-corrected chi connectivity index (χ4v) is 7.67. The van der Waals surface area contributed by atoms with E-state index in [0.717, 1.165) is 76.8 Å². The normalized spacial score (nSPS) is 20.9. The third-order valence-corrected chi connectivity index (χ3v) is 9.86. The minimum Gasteiger partial charge on any atom is -0.378 e. The number of aromatic nitrogens is 1. The summed E-state index contributed by atoms with van der Waals surface area (Å²) in [7, 11) is 4.01. The summed E-state index contributed by atoms with van der Waals surface area (Å²) in [4.78, 5) is 38.8. The van der Waals surface area contributed by atoms with E-state index < -0.39 is 0 Å². The van der Waals surface area contributed by atoms with Gasteiger partial charge in [-0.3, -0.25) is 14.6 Å². The van der Waals surface area contributed by atoms with Gasteiger partial charge in [0.25, 0.3) is 5.91 Å². The van der Waals surface area contributed by atoms with E-state index in [-0.39, 0.29) is 23.1 Å². The number of carbonyl (C=O) groups excluding carboxylic acids is 2. The first-order valence-electron chi connectivity index (χ1n) is 14.2. The first-order chi connectivity index (χ1) is 19.2. The Morgan fingerprint density at radius 2 is 1.90 bits per heavy atom. The Labute approximate surface area is 240 Å². The zero-order valence-electron chi connectivity index (χ0n) is 23.9. The van der Waals surface area contributed by atoms with E-state index in [0.29, 0.717) is 25.2 Å². The molecular formula is C32H38N4O3S. The number of hydrogen-bond acceptors (Lipinski definition) is 7. The number of likely N-dealkylation sites (N-methyl/N-ethyl adjacent to an activating group) is 2. The molecule has 2 aromatic heterocycles. The van der Waals surface area contributed by atoms with E-state index in [1.165, 1.54) is 0 Å². The number of amides is 1. The third-order valence-electron chi connectivity index (χ3n) is 8.52. The van der Waals surface area contributed by atoms with Gasteiger partial charge in [-0.2, -0.15) is 0 Å². The molecule has 3 aromatic rings. The number of ketones is 1. The number of rotatable bonds is 5. The molecule has 4 heterocycles. The highest BCUT2D eigenvalue weighted by atomic mass is 32.1. The number of anilines is 1. The molecule has 1 aliphatic carbocycles. The number of Topliss-reactive ketones (excluding diaryl/α,β-unsaturated/α-hetero) is 1. The second-order valence-electron chi connectivity index (χ2n) is 12.3. The van der Waals surface area contributed by atoms with Crippen LogP contribution in [0.5, 0.6) is 0 Å².